The minimum absolute atomic E-state index is 0.00647. The summed E-state index contributed by atoms with van der Waals surface area (Å²) in [6.07, 6.45) is 8.26. The first kappa shape index (κ1) is 33.9. The Balaban J connectivity index is 1.36. The number of carbonyl (C=O) groups is 2. The lowest BCUT2D eigenvalue weighted by molar-refractivity contribution is -0.384. The molecule has 0 saturated heterocycles. The third kappa shape index (κ3) is 9.26. The molecule has 0 bridgehead atoms. The van der Waals surface area contributed by atoms with Gasteiger partial charge in [0.2, 0.25) is 0 Å². The Hall–Kier alpha value is -5.00. The summed E-state index contributed by atoms with van der Waals surface area (Å²) in [6.45, 7) is 3.91. The lowest BCUT2D eigenvalue weighted by Gasteiger charge is -2.31. The van der Waals surface area contributed by atoms with Gasteiger partial charge < -0.3 is 18.9 Å². The van der Waals surface area contributed by atoms with Crippen LogP contribution in [0.15, 0.2) is 95.4 Å². The highest BCUT2D eigenvalue weighted by Crippen LogP contribution is 2.41. The molecule has 0 amide bonds. The number of rotatable bonds is 15. The van der Waals surface area contributed by atoms with Crippen LogP contribution >= 0.6 is 0 Å². The first-order chi connectivity index (χ1) is 22.3. The maximum absolute atomic E-state index is 13.4. The van der Waals surface area contributed by atoms with Gasteiger partial charge >= 0.3 is 11.9 Å². The molecule has 0 spiro atoms. The fourth-order valence-corrected chi connectivity index (χ4v) is 5.21. The van der Waals surface area contributed by atoms with Crippen LogP contribution in [0.4, 0.5) is 5.69 Å². The second kappa shape index (κ2) is 16.9. The van der Waals surface area contributed by atoms with Crippen molar-refractivity contribution in [1.82, 2.24) is 4.98 Å². The van der Waals surface area contributed by atoms with Gasteiger partial charge in [0.25, 0.3) is 5.69 Å². The van der Waals surface area contributed by atoms with E-state index in [4.69, 9.17) is 18.9 Å². The van der Waals surface area contributed by atoms with E-state index in [2.05, 4.69) is 22.1 Å². The summed E-state index contributed by atoms with van der Waals surface area (Å²) in [5.74, 6) is -3.20. The standard InChI is InChI=1S/C35H37N3O8/c1-24-31(34(39)45-19-17-43-3)33(29-9-4-10-30(22-29)38(41)42)32(25(2)37-24)35(40)46-20-18-44-16-6-8-26-11-13-27(14-12-26)21-28-7-5-15-36-23-28/h4-15,22-23,31,33H,16-21H2,1-3H3. The van der Waals surface area contributed by atoms with Crippen molar-refractivity contribution in [3.05, 3.63) is 123 Å². The maximum atomic E-state index is 13.4. The van der Waals surface area contributed by atoms with E-state index in [1.165, 1.54) is 30.9 Å². The highest BCUT2D eigenvalue weighted by molar-refractivity contribution is 6.07. The lowest BCUT2D eigenvalue weighted by Crippen LogP contribution is -2.37. The molecule has 1 aromatic heterocycles. The fraction of sp³-hybridized carbons (Fsp3) is 0.314. The van der Waals surface area contributed by atoms with Crippen molar-refractivity contribution in [3.63, 3.8) is 0 Å². The molecule has 11 nitrogen and oxygen atoms in total. The molecule has 2 atom stereocenters. The highest BCUT2D eigenvalue weighted by atomic mass is 16.6. The van der Waals surface area contributed by atoms with Crippen LogP contribution in [0.5, 0.6) is 0 Å². The van der Waals surface area contributed by atoms with E-state index in [9.17, 15) is 19.7 Å². The molecule has 3 aromatic rings. The predicted octanol–water partition coefficient (Wildman–Crippen LogP) is 5.49. The number of ether oxygens (including phenoxy) is 4. The molecule has 2 unspecified atom stereocenters. The molecule has 0 aliphatic carbocycles. The minimum Gasteiger partial charge on any atom is -0.463 e. The van der Waals surface area contributed by atoms with Gasteiger partial charge in [-0.2, -0.15) is 0 Å². The van der Waals surface area contributed by atoms with Gasteiger partial charge in [-0.25, -0.2) is 4.79 Å². The molecule has 0 saturated carbocycles. The molecular formula is C35H37N3O8. The number of aromatic nitrogens is 1. The second-order valence-electron chi connectivity index (χ2n) is 10.6. The molecule has 4 rings (SSSR count). The summed E-state index contributed by atoms with van der Waals surface area (Å²) in [5.41, 5.74) is 4.51. The van der Waals surface area contributed by atoms with Crippen LogP contribution in [0.2, 0.25) is 0 Å². The summed E-state index contributed by atoms with van der Waals surface area (Å²) in [4.78, 5) is 46.3. The molecular weight excluding hydrogens is 590 g/mol. The van der Waals surface area contributed by atoms with Crippen LogP contribution < -0.4 is 0 Å². The van der Waals surface area contributed by atoms with Crippen molar-refractivity contribution in [3.8, 4) is 0 Å². The number of methoxy groups -OCH3 is 1. The van der Waals surface area contributed by atoms with Crippen LogP contribution in [-0.4, -0.2) is 67.7 Å². The monoisotopic (exact) mass is 627 g/mol. The van der Waals surface area contributed by atoms with Gasteiger partial charge in [0.05, 0.1) is 30.3 Å². The van der Waals surface area contributed by atoms with Gasteiger partial charge in [-0.3, -0.25) is 24.9 Å². The number of pyridine rings is 1. The van der Waals surface area contributed by atoms with E-state index in [1.54, 1.807) is 26.1 Å². The Morgan fingerprint density at radius 2 is 1.74 bits per heavy atom. The van der Waals surface area contributed by atoms with Crippen molar-refractivity contribution in [2.24, 2.45) is 10.9 Å². The zero-order valence-corrected chi connectivity index (χ0v) is 26.1. The van der Waals surface area contributed by atoms with Crippen molar-refractivity contribution in [1.29, 1.82) is 0 Å². The number of nitro benzene ring substituents is 1. The first-order valence-electron chi connectivity index (χ1n) is 14.8. The third-order valence-corrected chi connectivity index (χ3v) is 7.37. The average molecular weight is 628 g/mol. The molecule has 0 fully saturated rings. The van der Waals surface area contributed by atoms with Crippen LogP contribution in [0.25, 0.3) is 6.08 Å². The number of allylic oxidation sites excluding steroid dienone is 1. The van der Waals surface area contributed by atoms with Gasteiger partial charge in [0.1, 0.15) is 19.1 Å². The highest BCUT2D eigenvalue weighted by Gasteiger charge is 2.42. The number of nitrogens with zero attached hydrogens (tertiary/aromatic N) is 3. The van der Waals surface area contributed by atoms with E-state index >= 15 is 0 Å². The van der Waals surface area contributed by atoms with Crippen LogP contribution in [0.1, 0.15) is 42.0 Å². The molecule has 1 aliphatic heterocycles. The topological polar surface area (TPSA) is 139 Å². The summed E-state index contributed by atoms with van der Waals surface area (Å²) in [6, 6.07) is 18.0. The number of carbonyl (C=O) groups excluding carboxylic acids is 2. The smallest absolute Gasteiger partial charge is 0.336 e. The van der Waals surface area contributed by atoms with Crippen molar-refractivity contribution in [2.75, 3.05) is 40.1 Å². The normalized spacial score (nSPS) is 16.3. The van der Waals surface area contributed by atoms with Gasteiger partial charge in [-0.05, 0) is 48.6 Å². The molecule has 0 N–H and O–H groups in total. The fourth-order valence-electron chi connectivity index (χ4n) is 5.21. The Labute approximate surface area is 267 Å². The van der Waals surface area contributed by atoms with Crippen molar-refractivity contribution < 1.29 is 33.5 Å². The molecule has 11 heteroatoms. The zero-order valence-electron chi connectivity index (χ0n) is 26.1. The lowest BCUT2D eigenvalue weighted by atomic mass is 9.75. The minimum atomic E-state index is -0.990. The SMILES string of the molecule is COCCOC(=O)C1C(C)=NC(C)=C(C(=O)OCCOCC=Cc2ccc(Cc3cccnc3)cc2)C1c1cccc([N+](=O)[O-])c1. The van der Waals surface area contributed by atoms with Crippen molar-refractivity contribution >= 4 is 29.4 Å². The quantitative estimate of drug-likeness (QED) is 0.0926. The molecule has 46 heavy (non-hydrogen) atoms. The molecule has 1 aliphatic rings. The molecule has 240 valence electrons. The predicted molar refractivity (Wildman–Crippen MR) is 172 cm³/mol. The van der Waals surface area contributed by atoms with Gasteiger partial charge in [0, 0.05) is 49.0 Å². The maximum Gasteiger partial charge on any atom is 0.336 e. The Kier molecular flexibility index (Phi) is 12.4. The van der Waals surface area contributed by atoms with Crippen LogP contribution in [0, 0.1) is 16.0 Å². The summed E-state index contributed by atoms with van der Waals surface area (Å²) < 4.78 is 21.6. The van der Waals surface area contributed by atoms with E-state index in [-0.39, 0.29) is 37.7 Å². The Morgan fingerprint density at radius 3 is 2.46 bits per heavy atom. The van der Waals surface area contributed by atoms with Gasteiger partial charge in [-0.1, -0.05) is 54.6 Å². The van der Waals surface area contributed by atoms with Crippen molar-refractivity contribution in [2.45, 2.75) is 26.2 Å². The van der Waals surface area contributed by atoms with E-state index in [1.807, 2.05) is 42.6 Å². The number of non-ortho nitro benzene ring substituents is 1. The van der Waals surface area contributed by atoms with Crippen LogP contribution in [-0.2, 0) is 35.0 Å². The average Bonchev–Trinajstić information content (AvgIpc) is 3.05. The van der Waals surface area contributed by atoms with Crippen LogP contribution in [0.3, 0.4) is 0 Å². The number of benzene rings is 2. The van der Waals surface area contributed by atoms with E-state index < -0.39 is 28.7 Å². The summed E-state index contributed by atoms with van der Waals surface area (Å²) in [5, 5.41) is 11.5. The number of hydrogen-bond donors (Lipinski definition) is 0. The third-order valence-electron chi connectivity index (χ3n) is 7.37. The number of hydrogen-bond acceptors (Lipinski definition) is 10. The Morgan fingerprint density at radius 1 is 0.957 bits per heavy atom. The van der Waals surface area contributed by atoms with Gasteiger partial charge in [0.15, 0.2) is 0 Å². The second-order valence-corrected chi connectivity index (χ2v) is 10.6. The first-order valence-corrected chi connectivity index (χ1v) is 14.8. The Bertz CT molecular complexity index is 1600. The molecule has 0 radical (unpaired) electrons. The summed E-state index contributed by atoms with van der Waals surface area (Å²) in [7, 11) is 1.48. The van der Waals surface area contributed by atoms with E-state index in [0.29, 0.717) is 23.6 Å². The molecule has 2 heterocycles. The summed E-state index contributed by atoms with van der Waals surface area (Å²) >= 11 is 0. The zero-order chi connectivity index (χ0) is 32.9. The number of esters is 2. The van der Waals surface area contributed by atoms with E-state index in [0.717, 1.165) is 17.5 Å². The molecule has 2 aromatic carbocycles. The largest absolute Gasteiger partial charge is 0.463 e. The number of nitro groups is 1. The van der Waals surface area contributed by atoms with Gasteiger partial charge in [-0.15, -0.1) is 0 Å². The number of aliphatic imine (C=N–C) groups is 1.